The third-order valence-corrected chi connectivity index (χ3v) is 6.99. The number of phenols is 1. The summed E-state index contributed by atoms with van der Waals surface area (Å²) in [7, 11) is 0. The number of amides is 1. The largest absolute Gasteiger partial charge is 0.506 e. The Morgan fingerprint density at radius 2 is 1.81 bits per heavy atom. The van der Waals surface area contributed by atoms with Crippen molar-refractivity contribution in [3.63, 3.8) is 0 Å². The summed E-state index contributed by atoms with van der Waals surface area (Å²) in [6.45, 7) is 2.11. The van der Waals surface area contributed by atoms with Crippen molar-refractivity contribution in [3.8, 4) is 11.8 Å². The third kappa shape index (κ3) is 3.41. The number of nitrogens with one attached hydrogen (secondary N) is 2. The van der Waals surface area contributed by atoms with Crippen LogP contribution in [0.4, 0.5) is 5.69 Å². The molecular weight excluding hydrogens is 338 g/mol. The van der Waals surface area contributed by atoms with Gasteiger partial charge in [0, 0.05) is 12.2 Å². The summed E-state index contributed by atoms with van der Waals surface area (Å²) in [5.74, 6) is 2.20. The maximum atomic E-state index is 12.7. The highest BCUT2D eigenvalue weighted by Gasteiger charge is 2.53. The van der Waals surface area contributed by atoms with Crippen molar-refractivity contribution >= 4 is 11.6 Å². The molecule has 3 N–H and O–H groups in total. The maximum absolute atomic E-state index is 12.7. The summed E-state index contributed by atoms with van der Waals surface area (Å²) in [6, 6.07) is 8.78. The van der Waals surface area contributed by atoms with Crippen LogP contribution in [0.1, 0.15) is 45.4 Å². The monoisotopic (exact) mass is 365 g/mol. The molecule has 1 aromatic carbocycles. The van der Waals surface area contributed by atoms with Gasteiger partial charge in [0.25, 0.3) is 5.91 Å². The number of nitriles is 1. The van der Waals surface area contributed by atoms with Crippen LogP contribution in [-0.4, -0.2) is 17.1 Å². The normalized spacial score (nSPS) is 32.6. The lowest BCUT2D eigenvalue weighted by Gasteiger charge is -2.59. The third-order valence-electron chi connectivity index (χ3n) is 6.99. The van der Waals surface area contributed by atoms with Gasteiger partial charge in [-0.05, 0) is 80.8 Å². The topological polar surface area (TPSA) is 85.2 Å². The van der Waals surface area contributed by atoms with Crippen molar-refractivity contribution in [2.24, 2.45) is 23.2 Å². The Kier molecular flexibility index (Phi) is 4.59. The van der Waals surface area contributed by atoms with Crippen molar-refractivity contribution < 1.29 is 9.90 Å². The van der Waals surface area contributed by atoms with Gasteiger partial charge in [0.1, 0.15) is 17.4 Å². The smallest absolute Gasteiger partial charge is 0.263 e. The number of benzene rings is 1. The zero-order chi connectivity index (χ0) is 19.0. The van der Waals surface area contributed by atoms with Crippen LogP contribution < -0.4 is 10.6 Å². The molecule has 0 spiro atoms. The molecule has 1 unspecified atom stereocenters. The Hall–Kier alpha value is -2.48. The Labute approximate surface area is 160 Å². The SMILES string of the molecule is CC(NC(=O)/C(C#N)=C\Nc1ccccc1O)C12CC3CC(CC(C3)C1)C2. The van der Waals surface area contributed by atoms with Gasteiger partial charge in [-0.15, -0.1) is 0 Å². The number of rotatable bonds is 5. The Morgan fingerprint density at radius 1 is 1.22 bits per heavy atom. The summed E-state index contributed by atoms with van der Waals surface area (Å²) in [5.41, 5.74) is 0.692. The van der Waals surface area contributed by atoms with E-state index in [9.17, 15) is 15.2 Å². The predicted octanol–water partition coefficient (Wildman–Crippen LogP) is 3.93. The van der Waals surface area contributed by atoms with Crippen molar-refractivity contribution in [2.45, 2.75) is 51.5 Å². The van der Waals surface area contributed by atoms with E-state index < -0.39 is 0 Å². The number of hydrogen-bond acceptors (Lipinski definition) is 4. The van der Waals surface area contributed by atoms with Crippen LogP contribution in [0.3, 0.4) is 0 Å². The molecule has 5 heteroatoms. The quantitative estimate of drug-likeness (QED) is 0.419. The number of carbonyl (C=O) groups is 1. The fourth-order valence-electron chi connectivity index (χ4n) is 6.03. The molecule has 27 heavy (non-hydrogen) atoms. The zero-order valence-electron chi connectivity index (χ0n) is 15.7. The van der Waals surface area contributed by atoms with E-state index in [1.165, 1.54) is 44.7 Å². The molecule has 4 fully saturated rings. The van der Waals surface area contributed by atoms with E-state index in [0.29, 0.717) is 5.69 Å². The number of aromatic hydroxyl groups is 1. The van der Waals surface area contributed by atoms with Crippen LogP contribution >= 0.6 is 0 Å². The van der Waals surface area contributed by atoms with Crippen LogP contribution in [0.15, 0.2) is 36.0 Å². The van der Waals surface area contributed by atoms with Crippen LogP contribution in [0.5, 0.6) is 5.75 Å². The predicted molar refractivity (Wildman–Crippen MR) is 104 cm³/mol. The van der Waals surface area contributed by atoms with Gasteiger partial charge in [0.05, 0.1) is 5.69 Å². The zero-order valence-corrected chi connectivity index (χ0v) is 15.7. The van der Waals surface area contributed by atoms with Crippen LogP contribution in [0, 0.1) is 34.5 Å². The molecule has 5 rings (SSSR count). The molecule has 0 aliphatic heterocycles. The molecular formula is C22H27N3O2. The Balaban J connectivity index is 1.44. The highest BCUT2D eigenvalue weighted by Crippen LogP contribution is 2.61. The van der Waals surface area contributed by atoms with E-state index in [1.807, 2.05) is 6.07 Å². The molecule has 4 bridgehead atoms. The van der Waals surface area contributed by atoms with Gasteiger partial charge in [-0.3, -0.25) is 4.79 Å². The summed E-state index contributed by atoms with van der Waals surface area (Å²) in [6.07, 6.45) is 9.11. The number of phenolic OH excluding ortho intramolecular Hbond substituents is 1. The second-order valence-corrected chi connectivity index (χ2v) is 8.81. The van der Waals surface area contributed by atoms with Gasteiger partial charge < -0.3 is 15.7 Å². The Bertz CT molecular complexity index is 773. The summed E-state index contributed by atoms with van der Waals surface area (Å²) in [5, 5.41) is 25.2. The molecule has 0 aromatic heterocycles. The second-order valence-electron chi connectivity index (χ2n) is 8.81. The first-order valence-electron chi connectivity index (χ1n) is 9.95. The summed E-state index contributed by atoms with van der Waals surface area (Å²) in [4.78, 5) is 12.7. The van der Waals surface area contributed by atoms with Gasteiger partial charge in [-0.1, -0.05) is 12.1 Å². The van der Waals surface area contributed by atoms with E-state index >= 15 is 0 Å². The van der Waals surface area contributed by atoms with Gasteiger partial charge in [-0.2, -0.15) is 5.26 Å². The molecule has 5 nitrogen and oxygen atoms in total. The Morgan fingerprint density at radius 3 is 2.37 bits per heavy atom. The lowest BCUT2D eigenvalue weighted by atomic mass is 9.48. The highest BCUT2D eigenvalue weighted by molar-refractivity contribution is 5.97. The standard InChI is InChI=1S/C22H27N3O2/c1-14(22-9-15-6-16(10-22)8-17(7-15)11-22)25-21(27)18(12-23)13-24-19-4-2-3-5-20(19)26/h2-5,13-17,24,26H,6-11H2,1H3,(H,25,27)/b18-13-. The van der Waals surface area contributed by atoms with Crippen molar-refractivity contribution in [2.75, 3.05) is 5.32 Å². The average Bonchev–Trinajstić information content (AvgIpc) is 2.62. The van der Waals surface area contributed by atoms with E-state index in [1.54, 1.807) is 24.3 Å². The van der Waals surface area contributed by atoms with E-state index in [2.05, 4.69) is 17.6 Å². The molecule has 4 aliphatic carbocycles. The van der Waals surface area contributed by atoms with Crippen molar-refractivity contribution in [1.29, 1.82) is 5.26 Å². The van der Waals surface area contributed by atoms with E-state index in [4.69, 9.17) is 0 Å². The molecule has 0 radical (unpaired) electrons. The first kappa shape index (κ1) is 17.9. The van der Waals surface area contributed by atoms with Gasteiger partial charge >= 0.3 is 0 Å². The van der Waals surface area contributed by atoms with E-state index in [0.717, 1.165) is 17.8 Å². The lowest BCUT2D eigenvalue weighted by molar-refractivity contribution is -0.122. The minimum absolute atomic E-state index is 0.0230. The molecule has 0 heterocycles. The van der Waals surface area contributed by atoms with Crippen LogP contribution in [0.25, 0.3) is 0 Å². The molecule has 1 aromatic rings. The first-order chi connectivity index (χ1) is 13.0. The highest BCUT2D eigenvalue weighted by atomic mass is 16.3. The molecule has 4 saturated carbocycles. The van der Waals surface area contributed by atoms with Gasteiger partial charge in [0.2, 0.25) is 0 Å². The number of hydrogen-bond donors (Lipinski definition) is 3. The molecule has 0 saturated heterocycles. The number of nitrogens with zero attached hydrogens (tertiary/aromatic N) is 1. The first-order valence-corrected chi connectivity index (χ1v) is 9.95. The second kappa shape index (κ2) is 6.92. The summed E-state index contributed by atoms with van der Waals surface area (Å²) >= 11 is 0. The molecule has 4 aliphatic rings. The minimum atomic E-state index is -0.344. The lowest BCUT2D eigenvalue weighted by Crippen LogP contribution is -2.56. The van der Waals surface area contributed by atoms with E-state index in [-0.39, 0.29) is 28.7 Å². The maximum Gasteiger partial charge on any atom is 0.263 e. The fraction of sp³-hybridized carbons (Fsp3) is 0.545. The molecule has 1 atom stereocenters. The van der Waals surface area contributed by atoms with Crippen molar-refractivity contribution in [1.82, 2.24) is 5.32 Å². The number of para-hydroxylation sites is 2. The van der Waals surface area contributed by atoms with Gasteiger partial charge in [0.15, 0.2) is 0 Å². The number of carbonyl (C=O) groups excluding carboxylic acids is 1. The van der Waals surface area contributed by atoms with Crippen LogP contribution in [0.2, 0.25) is 0 Å². The number of anilines is 1. The summed E-state index contributed by atoms with van der Waals surface area (Å²) < 4.78 is 0. The fourth-order valence-corrected chi connectivity index (χ4v) is 6.03. The minimum Gasteiger partial charge on any atom is -0.506 e. The van der Waals surface area contributed by atoms with Crippen molar-refractivity contribution in [3.05, 3.63) is 36.0 Å². The average molecular weight is 365 g/mol. The van der Waals surface area contributed by atoms with Gasteiger partial charge in [-0.25, -0.2) is 0 Å². The van der Waals surface area contributed by atoms with Crippen LogP contribution in [-0.2, 0) is 4.79 Å². The molecule has 1 amide bonds. The molecule has 142 valence electrons.